The van der Waals surface area contributed by atoms with Crippen molar-refractivity contribution in [2.75, 3.05) is 14.2 Å². The Labute approximate surface area is 99.1 Å². The molecule has 0 aliphatic carbocycles. The predicted molar refractivity (Wildman–Crippen MR) is 62.1 cm³/mol. The largest absolute Gasteiger partial charge is 0.493 e. The molecule has 0 amide bonds. The average Bonchev–Trinajstić information content (AvgIpc) is 2.35. The van der Waals surface area contributed by atoms with Crippen molar-refractivity contribution < 1.29 is 19.4 Å². The second kappa shape index (κ2) is 5.51. The molecule has 6 heteroatoms. The summed E-state index contributed by atoms with van der Waals surface area (Å²) in [7, 11) is 3.00. The van der Waals surface area contributed by atoms with Crippen LogP contribution in [0.15, 0.2) is 18.2 Å². The van der Waals surface area contributed by atoms with Crippen molar-refractivity contribution in [3.8, 4) is 11.5 Å². The zero-order valence-corrected chi connectivity index (χ0v) is 9.71. The van der Waals surface area contributed by atoms with Gasteiger partial charge in [-0.25, -0.2) is 0 Å². The molecule has 94 valence electrons. The first-order valence-corrected chi connectivity index (χ1v) is 4.97. The Morgan fingerprint density at radius 1 is 1.24 bits per heavy atom. The number of rotatable bonds is 5. The van der Waals surface area contributed by atoms with Gasteiger partial charge in [0.05, 0.1) is 20.3 Å². The van der Waals surface area contributed by atoms with Gasteiger partial charge in [-0.1, -0.05) is 6.07 Å². The highest BCUT2D eigenvalue weighted by molar-refractivity contribution is 5.74. The van der Waals surface area contributed by atoms with Crippen LogP contribution in [0.25, 0.3) is 0 Å². The highest BCUT2D eigenvalue weighted by atomic mass is 16.5. The van der Waals surface area contributed by atoms with Crippen LogP contribution in [0.3, 0.4) is 0 Å². The number of benzene rings is 1. The van der Waals surface area contributed by atoms with Gasteiger partial charge in [-0.05, 0) is 17.7 Å². The Kier molecular flexibility index (Phi) is 4.30. The smallest absolute Gasteiger partial charge is 0.322 e. The molecule has 0 heterocycles. The lowest BCUT2D eigenvalue weighted by Crippen LogP contribution is -2.40. The molecule has 0 bridgehead atoms. The van der Waals surface area contributed by atoms with Crippen molar-refractivity contribution in [1.82, 2.24) is 0 Å². The molecule has 2 atom stereocenters. The minimum atomic E-state index is -1.16. The summed E-state index contributed by atoms with van der Waals surface area (Å²) in [4.78, 5) is 10.7. The van der Waals surface area contributed by atoms with Crippen molar-refractivity contribution in [1.29, 1.82) is 0 Å². The van der Waals surface area contributed by atoms with E-state index in [1.165, 1.54) is 14.2 Å². The van der Waals surface area contributed by atoms with Crippen molar-refractivity contribution in [2.24, 2.45) is 11.5 Å². The van der Waals surface area contributed by atoms with E-state index < -0.39 is 18.1 Å². The molecule has 0 aliphatic rings. The number of ether oxygens (including phenoxy) is 2. The number of carbonyl (C=O) groups is 1. The van der Waals surface area contributed by atoms with Gasteiger partial charge >= 0.3 is 5.97 Å². The number of hydrogen-bond donors (Lipinski definition) is 3. The van der Waals surface area contributed by atoms with Gasteiger partial charge in [0, 0.05) is 0 Å². The molecule has 0 saturated heterocycles. The molecule has 17 heavy (non-hydrogen) atoms. The molecular weight excluding hydrogens is 224 g/mol. The lowest BCUT2D eigenvalue weighted by atomic mass is 10.0. The van der Waals surface area contributed by atoms with Gasteiger partial charge < -0.3 is 26.0 Å². The predicted octanol–water partition coefficient (Wildman–Crippen LogP) is 0.116. The van der Waals surface area contributed by atoms with E-state index in [0.29, 0.717) is 17.1 Å². The van der Waals surface area contributed by atoms with Gasteiger partial charge in [0.25, 0.3) is 0 Å². The normalized spacial score (nSPS) is 13.9. The molecule has 5 N–H and O–H groups in total. The first-order valence-electron chi connectivity index (χ1n) is 4.97. The Morgan fingerprint density at radius 3 is 2.29 bits per heavy atom. The second-order valence-corrected chi connectivity index (χ2v) is 3.50. The first-order chi connectivity index (χ1) is 8.01. The number of aliphatic carboxylic acids is 1. The molecule has 0 spiro atoms. The first kappa shape index (κ1) is 13.3. The van der Waals surface area contributed by atoms with Gasteiger partial charge in [-0.3, -0.25) is 4.79 Å². The summed E-state index contributed by atoms with van der Waals surface area (Å²) in [5.41, 5.74) is 11.8. The summed E-state index contributed by atoms with van der Waals surface area (Å²) < 4.78 is 10.2. The van der Waals surface area contributed by atoms with E-state index in [2.05, 4.69) is 0 Å². The minimum absolute atomic E-state index is 0.484. The van der Waals surface area contributed by atoms with E-state index in [1.807, 2.05) is 0 Å². The van der Waals surface area contributed by atoms with E-state index in [9.17, 15) is 4.79 Å². The van der Waals surface area contributed by atoms with Crippen molar-refractivity contribution in [2.45, 2.75) is 12.1 Å². The van der Waals surface area contributed by atoms with Gasteiger partial charge in [0.15, 0.2) is 11.5 Å². The minimum Gasteiger partial charge on any atom is -0.493 e. The molecule has 0 fully saturated rings. The Balaban J connectivity index is 3.03. The summed E-state index contributed by atoms with van der Waals surface area (Å²) in [6.45, 7) is 0. The Hall–Kier alpha value is -1.79. The molecule has 0 saturated carbocycles. The zero-order valence-electron chi connectivity index (χ0n) is 9.71. The molecule has 1 aromatic carbocycles. The molecule has 0 unspecified atom stereocenters. The summed E-state index contributed by atoms with van der Waals surface area (Å²) in [5, 5.41) is 8.78. The van der Waals surface area contributed by atoms with Gasteiger partial charge in [0.2, 0.25) is 0 Å². The number of nitrogens with two attached hydrogens (primary N) is 2. The average molecular weight is 240 g/mol. The molecule has 0 aliphatic heterocycles. The van der Waals surface area contributed by atoms with E-state index >= 15 is 0 Å². The van der Waals surface area contributed by atoms with Gasteiger partial charge in [-0.2, -0.15) is 0 Å². The molecule has 1 aromatic rings. The quantitative estimate of drug-likeness (QED) is 0.674. The summed E-state index contributed by atoms with van der Waals surface area (Å²) in [5.74, 6) is -0.113. The van der Waals surface area contributed by atoms with E-state index in [1.54, 1.807) is 18.2 Å². The third-order valence-corrected chi connectivity index (χ3v) is 2.46. The molecule has 6 nitrogen and oxygen atoms in total. The standard InChI is InChI=1S/C11H16N2O4/c1-16-7-4-3-6(5-8(7)17-2)9(12)10(13)11(14)15/h3-5,9-10H,12-13H2,1-2H3,(H,14,15)/t9-,10+/m1/s1. The number of carboxylic acid groups (broad SMARTS) is 1. The monoisotopic (exact) mass is 240 g/mol. The van der Waals surface area contributed by atoms with Crippen LogP contribution < -0.4 is 20.9 Å². The second-order valence-electron chi connectivity index (χ2n) is 3.50. The molecule has 0 aromatic heterocycles. The fourth-order valence-corrected chi connectivity index (χ4v) is 1.42. The van der Waals surface area contributed by atoms with Crippen LogP contribution >= 0.6 is 0 Å². The third kappa shape index (κ3) is 2.86. The van der Waals surface area contributed by atoms with Crippen LogP contribution in [-0.2, 0) is 4.79 Å². The molecular formula is C11H16N2O4. The fourth-order valence-electron chi connectivity index (χ4n) is 1.42. The summed E-state index contributed by atoms with van der Waals surface area (Å²) in [6.07, 6.45) is 0. The van der Waals surface area contributed by atoms with E-state index in [0.717, 1.165) is 0 Å². The van der Waals surface area contributed by atoms with Crippen LogP contribution in [0.1, 0.15) is 11.6 Å². The number of methoxy groups -OCH3 is 2. The maximum absolute atomic E-state index is 10.7. The maximum Gasteiger partial charge on any atom is 0.322 e. The van der Waals surface area contributed by atoms with Gasteiger partial charge in [0.1, 0.15) is 6.04 Å². The third-order valence-electron chi connectivity index (χ3n) is 2.46. The van der Waals surface area contributed by atoms with E-state index in [-0.39, 0.29) is 0 Å². The Bertz CT molecular complexity index is 408. The summed E-state index contributed by atoms with van der Waals surface area (Å²) >= 11 is 0. The van der Waals surface area contributed by atoms with Gasteiger partial charge in [-0.15, -0.1) is 0 Å². The topological polar surface area (TPSA) is 108 Å². The number of carboxylic acids is 1. The van der Waals surface area contributed by atoms with Crippen LogP contribution in [-0.4, -0.2) is 31.3 Å². The summed E-state index contributed by atoms with van der Waals surface area (Å²) in [6, 6.07) is 2.98. The van der Waals surface area contributed by atoms with Crippen LogP contribution in [0.5, 0.6) is 11.5 Å². The van der Waals surface area contributed by atoms with Crippen molar-refractivity contribution >= 4 is 5.97 Å². The van der Waals surface area contributed by atoms with Crippen molar-refractivity contribution in [3.05, 3.63) is 23.8 Å². The fraction of sp³-hybridized carbons (Fsp3) is 0.364. The van der Waals surface area contributed by atoms with Crippen LogP contribution in [0.4, 0.5) is 0 Å². The molecule has 0 radical (unpaired) electrons. The lowest BCUT2D eigenvalue weighted by Gasteiger charge is -2.18. The zero-order chi connectivity index (χ0) is 13.0. The highest BCUT2D eigenvalue weighted by Crippen LogP contribution is 2.29. The lowest BCUT2D eigenvalue weighted by molar-refractivity contribution is -0.139. The Morgan fingerprint density at radius 2 is 1.82 bits per heavy atom. The van der Waals surface area contributed by atoms with Crippen LogP contribution in [0, 0.1) is 0 Å². The SMILES string of the molecule is COc1ccc([C@@H](N)[C@H](N)C(=O)O)cc1OC. The molecule has 1 rings (SSSR count). The number of hydrogen-bond acceptors (Lipinski definition) is 5. The maximum atomic E-state index is 10.7. The highest BCUT2D eigenvalue weighted by Gasteiger charge is 2.23. The van der Waals surface area contributed by atoms with Crippen LogP contribution in [0.2, 0.25) is 0 Å². The van der Waals surface area contributed by atoms with Crippen molar-refractivity contribution in [3.63, 3.8) is 0 Å². The van der Waals surface area contributed by atoms with E-state index in [4.69, 9.17) is 26.0 Å².